The summed E-state index contributed by atoms with van der Waals surface area (Å²) in [7, 11) is 1.81. The summed E-state index contributed by atoms with van der Waals surface area (Å²) in [5.74, 6) is 1.23. The molecule has 0 aliphatic carbocycles. The minimum absolute atomic E-state index is 0.0385. The van der Waals surface area contributed by atoms with E-state index in [9.17, 15) is 4.79 Å². The van der Waals surface area contributed by atoms with Crippen molar-refractivity contribution in [2.24, 2.45) is 0 Å². The number of benzene rings is 1. The van der Waals surface area contributed by atoms with Crippen molar-refractivity contribution in [2.45, 2.75) is 33.2 Å². The van der Waals surface area contributed by atoms with Gasteiger partial charge in [0.2, 0.25) is 0 Å². The number of carbonyl (C=O) groups is 1. The molecule has 1 rings (SSSR count). The summed E-state index contributed by atoms with van der Waals surface area (Å²) in [6.07, 6.45) is 0. The Bertz CT molecular complexity index is 488. The topological polar surface area (TPSA) is 38.8 Å². The number of rotatable bonds is 7. The zero-order valence-electron chi connectivity index (χ0n) is 13.4. The Morgan fingerprint density at radius 2 is 1.76 bits per heavy atom. The van der Waals surface area contributed by atoms with Crippen LogP contribution in [0.5, 0.6) is 11.5 Å². The fourth-order valence-corrected chi connectivity index (χ4v) is 2.12. The first-order valence-electron chi connectivity index (χ1n) is 7.11. The molecule has 0 aromatic heterocycles. The minimum atomic E-state index is -0.262. The highest BCUT2D eigenvalue weighted by Crippen LogP contribution is 2.29. The Morgan fingerprint density at radius 1 is 1.19 bits per heavy atom. The molecule has 5 heteroatoms. The Balaban J connectivity index is 3.08. The molecule has 0 saturated carbocycles. The molecule has 0 heterocycles. The zero-order chi connectivity index (χ0) is 16.0. The van der Waals surface area contributed by atoms with Crippen molar-refractivity contribution in [1.82, 2.24) is 4.90 Å². The molecule has 118 valence electrons. The predicted molar refractivity (Wildman–Crippen MR) is 88.7 cm³/mol. The lowest BCUT2D eigenvalue weighted by Gasteiger charge is -2.34. The maximum Gasteiger partial charge on any atom is 0.254 e. The van der Waals surface area contributed by atoms with E-state index >= 15 is 0 Å². The van der Waals surface area contributed by atoms with Crippen molar-refractivity contribution in [1.29, 1.82) is 0 Å². The zero-order valence-corrected chi connectivity index (χ0v) is 15.0. The molecule has 1 aromatic rings. The van der Waals surface area contributed by atoms with Crippen LogP contribution in [0, 0.1) is 0 Å². The Hall–Kier alpha value is -1.23. The summed E-state index contributed by atoms with van der Waals surface area (Å²) in [6.45, 7) is 8.94. The molecular formula is C16H24BrNO3. The quantitative estimate of drug-likeness (QED) is 0.697. The van der Waals surface area contributed by atoms with E-state index in [0.29, 0.717) is 35.6 Å². The summed E-state index contributed by atoms with van der Waals surface area (Å²) < 4.78 is 11.1. The van der Waals surface area contributed by atoms with Crippen molar-refractivity contribution in [3.63, 3.8) is 0 Å². The van der Waals surface area contributed by atoms with E-state index in [1.807, 2.05) is 27.7 Å². The van der Waals surface area contributed by atoms with E-state index in [1.165, 1.54) is 0 Å². The predicted octanol–water partition coefficient (Wildman–Crippen LogP) is 3.73. The number of ether oxygens (including phenoxy) is 2. The number of carbonyl (C=O) groups excluding carboxylic acids is 1. The van der Waals surface area contributed by atoms with Gasteiger partial charge in [0, 0.05) is 23.5 Å². The van der Waals surface area contributed by atoms with Crippen LogP contribution in [-0.2, 0) is 0 Å². The maximum absolute atomic E-state index is 12.6. The molecule has 0 saturated heterocycles. The van der Waals surface area contributed by atoms with E-state index < -0.39 is 0 Å². The average Bonchev–Trinajstić information content (AvgIpc) is 2.48. The molecule has 0 spiro atoms. The highest BCUT2D eigenvalue weighted by Gasteiger charge is 2.27. The number of hydrogen-bond donors (Lipinski definition) is 0. The first-order chi connectivity index (χ1) is 9.87. The highest BCUT2D eigenvalue weighted by atomic mass is 79.9. The fourth-order valence-electron chi connectivity index (χ4n) is 1.74. The molecule has 0 aliphatic rings. The van der Waals surface area contributed by atoms with Gasteiger partial charge in [0.15, 0.2) is 11.5 Å². The second-order valence-corrected chi connectivity index (χ2v) is 5.90. The van der Waals surface area contributed by atoms with E-state index in [-0.39, 0.29) is 11.4 Å². The fraction of sp³-hybridized carbons (Fsp3) is 0.562. The van der Waals surface area contributed by atoms with Crippen molar-refractivity contribution in [2.75, 3.05) is 25.6 Å². The van der Waals surface area contributed by atoms with Crippen LogP contribution in [0.15, 0.2) is 18.2 Å². The lowest BCUT2D eigenvalue weighted by molar-refractivity contribution is 0.0663. The lowest BCUT2D eigenvalue weighted by Crippen LogP contribution is -2.46. The van der Waals surface area contributed by atoms with Crippen molar-refractivity contribution >= 4 is 21.8 Å². The van der Waals surface area contributed by atoms with Gasteiger partial charge in [-0.3, -0.25) is 4.79 Å². The molecule has 0 unspecified atom stereocenters. The molecular weight excluding hydrogens is 334 g/mol. The van der Waals surface area contributed by atoms with Crippen LogP contribution < -0.4 is 9.47 Å². The number of amides is 1. The Labute approximate surface area is 135 Å². The molecule has 0 aliphatic heterocycles. The van der Waals surface area contributed by atoms with Crippen LogP contribution in [0.4, 0.5) is 0 Å². The maximum atomic E-state index is 12.6. The average molecular weight is 358 g/mol. The SMILES string of the molecule is CCOc1ccc(C(=O)N(C)C(C)(C)CBr)cc1OCC. The van der Waals surface area contributed by atoms with E-state index in [4.69, 9.17) is 9.47 Å². The first kappa shape index (κ1) is 17.8. The molecule has 0 bridgehead atoms. The smallest absolute Gasteiger partial charge is 0.254 e. The van der Waals surface area contributed by atoms with Gasteiger partial charge in [-0.1, -0.05) is 15.9 Å². The van der Waals surface area contributed by atoms with Crippen molar-refractivity contribution < 1.29 is 14.3 Å². The van der Waals surface area contributed by atoms with Crippen molar-refractivity contribution in [3.8, 4) is 11.5 Å². The van der Waals surface area contributed by atoms with Crippen LogP contribution in [-0.4, -0.2) is 41.9 Å². The number of alkyl halides is 1. The summed E-state index contributed by atoms with van der Waals surface area (Å²) in [4.78, 5) is 14.3. The number of hydrogen-bond acceptors (Lipinski definition) is 3. The standard InChI is InChI=1S/C16H24BrNO3/c1-6-20-13-9-8-12(10-14(13)21-7-2)15(19)18(5)16(3,4)11-17/h8-10H,6-7,11H2,1-5H3. The molecule has 0 fully saturated rings. The summed E-state index contributed by atoms with van der Waals surface area (Å²) in [6, 6.07) is 5.31. The van der Waals surface area contributed by atoms with Crippen LogP contribution in [0.3, 0.4) is 0 Å². The van der Waals surface area contributed by atoms with Gasteiger partial charge >= 0.3 is 0 Å². The molecule has 21 heavy (non-hydrogen) atoms. The number of halogens is 1. The van der Waals surface area contributed by atoms with E-state index in [0.717, 1.165) is 0 Å². The Morgan fingerprint density at radius 3 is 2.29 bits per heavy atom. The van der Waals surface area contributed by atoms with Gasteiger partial charge < -0.3 is 14.4 Å². The van der Waals surface area contributed by atoms with Crippen LogP contribution in [0.2, 0.25) is 0 Å². The summed E-state index contributed by atoms with van der Waals surface area (Å²) in [5.41, 5.74) is 0.333. The number of nitrogens with zero attached hydrogens (tertiary/aromatic N) is 1. The van der Waals surface area contributed by atoms with Gasteiger partial charge in [0.25, 0.3) is 5.91 Å². The molecule has 1 amide bonds. The van der Waals surface area contributed by atoms with Gasteiger partial charge in [-0.15, -0.1) is 0 Å². The lowest BCUT2D eigenvalue weighted by atomic mass is 10.0. The monoisotopic (exact) mass is 357 g/mol. The van der Waals surface area contributed by atoms with Gasteiger partial charge in [-0.05, 0) is 45.9 Å². The van der Waals surface area contributed by atoms with Gasteiger partial charge in [-0.25, -0.2) is 0 Å². The molecule has 4 nitrogen and oxygen atoms in total. The summed E-state index contributed by atoms with van der Waals surface area (Å²) >= 11 is 3.45. The third-order valence-corrected chi connectivity index (χ3v) is 4.70. The Kier molecular flexibility index (Phi) is 6.52. The van der Waals surface area contributed by atoms with Gasteiger partial charge in [-0.2, -0.15) is 0 Å². The molecule has 1 aromatic carbocycles. The van der Waals surface area contributed by atoms with Gasteiger partial charge in [0.1, 0.15) is 0 Å². The summed E-state index contributed by atoms with van der Waals surface area (Å²) in [5, 5.41) is 0.706. The van der Waals surface area contributed by atoms with Gasteiger partial charge in [0.05, 0.1) is 13.2 Å². The van der Waals surface area contributed by atoms with Crippen LogP contribution in [0.1, 0.15) is 38.1 Å². The van der Waals surface area contributed by atoms with Crippen LogP contribution in [0.25, 0.3) is 0 Å². The second kappa shape index (κ2) is 7.69. The van der Waals surface area contributed by atoms with Crippen molar-refractivity contribution in [3.05, 3.63) is 23.8 Å². The third kappa shape index (κ3) is 4.37. The molecule has 0 atom stereocenters. The van der Waals surface area contributed by atoms with E-state index in [1.54, 1.807) is 30.1 Å². The molecule has 0 N–H and O–H groups in total. The van der Waals surface area contributed by atoms with Crippen LogP contribution >= 0.6 is 15.9 Å². The third-order valence-electron chi connectivity index (χ3n) is 3.33. The largest absolute Gasteiger partial charge is 0.490 e. The minimum Gasteiger partial charge on any atom is -0.490 e. The first-order valence-corrected chi connectivity index (χ1v) is 8.23. The molecule has 0 radical (unpaired) electrons. The normalized spacial score (nSPS) is 11.1. The van der Waals surface area contributed by atoms with E-state index in [2.05, 4.69) is 15.9 Å². The highest BCUT2D eigenvalue weighted by molar-refractivity contribution is 9.09. The second-order valence-electron chi connectivity index (χ2n) is 5.34.